The molecular weight excluding hydrogens is 368 g/mol. The first-order chi connectivity index (χ1) is 14.1. The van der Waals surface area contributed by atoms with Crippen molar-refractivity contribution in [1.29, 1.82) is 0 Å². The van der Waals surface area contributed by atoms with Crippen LogP contribution in [0.4, 0.5) is 10.5 Å². The van der Waals surface area contributed by atoms with Crippen LogP contribution in [0.3, 0.4) is 0 Å². The number of fused-ring (bicyclic) bond motifs is 1. The summed E-state index contributed by atoms with van der Waals surface area (Å²) in [6.45, 7) is 1.63. The number of hydrogen-bond donors (Lipinski definition) is 2. The topological polar surface area (TPSA) is 75.6 Å². The quantitative estimate of drug-likeness (QED) is 0.677. The van der Waals surface area contributed by atoms with Crippen LogP contribution in [-0.2, 0) is 11.3 Å². The molecule has 1 aliphatic heterocycles. The molecule has 2 heterocycles. The van der Waals surface area contributed by atoms with Gasteiger partial charge >= 0.3 is 6.03 Å². The summed E-state index contributed by atoms with van der Waals surface area (Å²) in [6.07, 6.45) is 2.30. The Kier molecular flexibility index (Phi) is 5.37. The van der Waals surface area contributed by atoms with Gasteiger partial charge in [0.2, 0.25) is 5.91 Å². The van der Waals surface area contributed by atoms with Crippen molar-refractivity contribution in [2.24, 2.45) is 0 Å². The highest BCUT2D eigenvalue weighted by atomic mass is 16.5. The number of aromatic nitrogens is 1. The van der Waals surface area contributed by atoms with Crippen LogP contribution < -0.4 is 20.3 Å². The van der Waals surface area contributed by atoms with Crippen LogP contribution in [0.15, 0.2) is 60.8 Å². The fourth-order valence-electron chi connectivity index (χ4n) is 3.69. The van der Waals surface area contributed by atoms with Crippen LogP contribution in [0.2, 0.25) is 0 Å². The third kappa shape index (κ3) is 4.18. The largest absolute Gasteiger partial charge is 0.497 e. The molecule has 7 nitrogen and oxygen atoms in total. The van der Waals surface area contributed by atoms with E-state index < -0.39 is 0 Å². The molecule has 2 N–H and O–H groups in total. The van der Waals surface area contributed by atoms with Gasteiger partial charge < -0.3 is 24.8 Å². The van der Waals surface area contributed by atoms with E-state index in [9.17, 15) is 9.59 Å². The van der Waals surface area contributed by atoms with Crippen LogP contribution in [0.5, 0.6) is 5.75 Å². The first kappa shape index (κ1) is 18.9. The average molecular weight is 392 g/mol. The summed E-state index contributed by atoms with van der Waals surface area (Å²) in [5.74, 6) is 0.685. The molecule has 0 aliphatic carbocycles. The molecule has 150 valence electrons. The van der Waals surface area contributed by atoms with Crippen molar-refractivity contribution in [3.8, 4) is 5.75 Å². The van der Waals surface area contributed by atoms with E-state index >= 15 is 0 Å². The normalized spacial score (nSPS) is 16.2. The van der Waals surface area contributed by atoms with Gasteiger partial charge in [-0.1, -0.05) is 24.3 Å². The molecule has 1 aliphatic rings. The fourth-order valence-corrected chi connectivity index (χ4v) is 3.69. The molecule has 1 atom stereocenters. The predicted molar refractivity (Wildman–Crippen MR) is 112 cm³/mol. The molecule has 1 fully saturated rings. The lowest BCUT2D eigenvalue weighted by Crippen LogP contribution is -2.44. The fraction of sp³-hybridized carbons (Fsp3) is 0.273. The Labute approximate surface area is 169 Å². The molecule has 1 aromatic heterocycles. The summed E-state index contributed by atoms with van der Waals surface area (Å²) in [6, 6.07) is 17.1. The Balaban J connectivity index is 1.28. The molecule has 29 heavy (non-hydrogen) atoms. The molecule has 0 saturated carbocycles. The standard InChI is InChI=1S/C22H24N4O3/c1-29-19-7-4-6-18(14-19)26-15-17(13-21(26)27)24-22(28)23-10-12-25-11-9-16-5-2-3-8-20(16)25/h2-9,11,14,17H,10,12-13,15H2,1H3,(H2,23,24,28)/t17-/m0/s1. The number of carbonyl (C=O) groups excluding carboxylic acids is 2. The second kappa shape index (κ2) is 8.26. The molecule has 4 rings (SSSR count). The Morgan fingerprint density at radius 2 is 2.03 bits per heavy atom. The Bertz CT molecular complexity index is 1030. The summed E-state index contributed by atoms with van der Waals surface area (Å²) >= 11 is 0. The van der Waals surface area contributed by atoms with Crippen LogP contribution >= 0.6 is 0 Å². The van der Waals surface area contributed by atoms with Crippen molar-refractivity contribution >= 4 is 28.5 Å². The van der Waals surface area contributed by atoms with E-state index in [-0.39, 0.29) is 24.4 Å². The van der Waals surface area contributed by atoms with Gasteiger partial charge in [-0.25, -0.2) is 4.79 Å². The van der Waals surface area contributed by atoms with Crippen molar-refractivity contribution in [2.75, 3.05) is 25.1 Å². The van der Waals surface area contributed by atoms with Gasteiger partial charge in [0.05, 0.1) is 13.2 Å². The van der Waals surface area contributed by atoms with Crippen molar-refractivity contribution < 1.29 is 14.3 Å². The number of amides is 3. The van der Waals surface area contributed by atoms with Crippen molar-refractivity contribution in [3.05, 3.63) is 60.8 Å². The maximum absolute atomic E-state index is 12.4. The molecule has 1 saturated heterocycles. The Morgan fingerprint density at radius 3 is 2.90 bits per heavy atom. The Morgan fingerprint density at radius 1 is 1.17 bits per heavy atom. The number of benzene rings is 2. The smallest absolute Gasteiger partial charge is 0.315 e. The lowest BCUT2D eigenvalue weighted by atomic mass is 10.2. The number of methoxy groups -OCH3 is 1. The maximum Gasteiger partial charge on any atom is 0.315 e. The molecule has 2 aromatic carbocycles. The first-order valence-corrected chi connectivity index (χ1v) is 9.67. The van der Waals surface area contributed by atoms with Gasteiger partial charge in [-0.05, 0) is 29.7 Å². The number of ether oxygens (including phenoxy) is 1. The monoisotopic (exact) mass is 392 g/mol. The van der Waals surface area contributed by atoms with Crippen LogP contribution in [0, 0.1) is 0 Å². The summed E-state index contributed by atoms with van der Waals surface area (Å²) in [5, 5.41) is 6.96. The second-order valence-electron chi connectivity index (χ2n) is 7.08. The number of rotatable bonds is 6. The third-order valence-electron chi connectivity index (χ3n) is 5.14. The molecule has 3 amide bonds. The average Bonchev–Trinajstić information content (AvgIpc) is 3.31. The van der Waals surface area contributed by atoms with E-state index in [4.69, 9.17) is 4.74 Å². The number of hydrogen-bond acceptors (Lipinski definition) is 3. The minimum absolute atomic E-state index is 0.0117. The van der Waals surface area contributed by atoms with Gasteiger partial charge in [0, 0.05) is 49.5 Å². The Hall–Kier alpha value is -3.48. The number of nitrogens with zero attached hydrogens (tertiary/aromatic N) is 2. The minimum Gasteiger partial charge on any atom is -0.497 e. The summed E-state index contributed by atoms with van der Waals surface area (Å²) in [7, 11) is 1.59. The van der Waals surface area contributed by atoms with Gasteiger partial charge in [-0.15, -0.1) is 0 Å². The molecule has 0 spiro atoms. The highest BCUT2D eigenvalue weighted by Gasteiger charge is 2.31. The molecule has 7 heteroatoms. The number of para-hydroxylation sites is 1. The highest BCUT2D eigenvalue weighted by Crippen LogP contribution is 2.25. The molecule has 0 bridgehead atoms. The zero-order chi connectivity index (χ0) is 20.2. The summed E-state index contributed by atoms with van der Waals surface area (Å²) in [5.41, 5.74) is 1.92. The SMILES string of the molecule is COc1cccc(N2C[C@@H](NC(=O)NCCn3ccc4ccccc43)CC2=O)c1. The van der Waals surface area contributed by atoms with Gasteiger partial charge in [0.25, 0.3) is 0 Å². The van der Waals surface area contributed by atoms with Gasteiger partial charge in [0.1, 0.15) is 5.75 Å². The number of anilines is 1. The number of carbonyl (C=O) groups is 2. The first-order valence-electron chi connectivity index (χ1n) is 9.67. The minimum atomic E-state index is -0.258. The molecule has 0 radical (unpaired) electrons. The van der Waals surface area contributed by atoms with Crippen molar-refractivity contribution in [2.45, 2.75) is 19.0 Å². The molecule has 0 unspecified atom stereocenters. The zero-order valence-corrected chi connectivity index (χ0v) is 16.3. The van der Waals surface area contributed by atoms with Crippen molar-refractivity contribution in [1.82, 2.24) is 15.2 Å². The van der Waals surface area contributed by atoms with E-state index in [1.54, 1.807) is 12.0 Å². The van der Waals surface area contributed by atoms with Gasteiger partial charge in [-0.2, -0.15) is 0 Å². The number of nitrogens with one attached hydrogen (secondary N) is 2. The van der Waals surface area contributed by atoms with E-state index in [0.29, 0.717) is 25.4 Å². The second-order valence-corrected chi connectivity index (χ2v) is 7.08. The third-order valence-corrected chi connectivity index (χ3v) is 5.14. The highest BCUT2D eigenvalue weighted by molar-refractivity contribution is 5.97. The maximum atomic E-state index is 12.4. The van der Waals surface area contributed by atoms with Crippen LogP contribution in [0.1, 0.15) is 6.42 Å². The molecule has 3 aromatic rings. The molecular formula is C22H24N4O3. The van der Waals surface area contributed by atoms with Crippen LogP contribution in [0.25, 0.3) is 10.9 Å². The van der Waals surface area contributed by atoms with E-state index in [1.807, 2.05) is 42.6 Å². The zero-order valence-electron chi connectivity index (χ0n) is 16.3. The summed E-state index contributed by atoms with van der Waals surface area (Å²) < 4.78 is 7.33. The van der Waals surface area contributed by atoms with E-state index in [0.717, 1.165) is 11.2 Å². The van der Waals surface area contributed by atoms with Crippen molar-refractivity contribution in [3.63, 3.8) is 0 Å². The van der Waals surface area contributed by atoms with Gasteiger partial charge in [0.15, 0.2) is 0 Å². The lowest BCUT2D eigenvalue weighted by molar-refractivity contribution is -0.117. The predicted octanol–water partition coefficient (Wildman–Crippen LogP) is 2.75. The van der Waals surface area contributed by atoms with Gasteiger partial charge in [-0.3, -0.25) is 4.79 Å². The number of urea groups is 1. The van der Waals surface area contributed by atoms with E-state index in [2.05, 4.69) is 33.4 Å². The summed E-state index contributed by atoms with van der Waals surface area (Å²) in [4.78, 5) is 26.3. The van der Waals surface area contributed by atoms with Crippen LogP contribution in [-0.4, -0.2) is 42.7 Å². The van der Waals surface area contributed by atoms with E-state index in [1.165, 1.54) is 5.39 Å². The lowest BCUT2D eigenvalue weighted by Gasteiger charge is -2.18.